The predicted octanol–water partition coefficient (Wildman–Crippen LogP) is 1.99. The Balaban J connectivity index is 1.46. The lowest BCUT2D eigenvalue weighted by Crippen LogP contribution is -2.46. The highest BCUT2D eigenvalue weighted by Gasteiger charge is 2.46. The van der Waals surface area contributed by atoms with E-state index >= 15 is 0 Å². The van der Waals surface area contributed by atoms with Gasteiger partial charge in [0.2, 0.25) is 11.8 Å². The van der Waals surface area contributed by atoms with Crippen LogP contribution in [0.25, 0.3) is 0 Å². The van der Waals surface area contributed by atoms with Crippen molar-refractivity contribution in [3.63, 3.8) is 0 Å². The second-order valence-corrected chi connectivity index (χ2v) is 7.80. The Kier molecular flexibility index (Phi) is 4.94. The Labute approximate surface area is 154 Å². The molecule has 0 aliphatic carbocycles. The molecule has 0 aromatic carbocycles. The predicted molar refractivity (Wildman–Crippen MR) is 96.1 cm³/mol. The summed E-state index contributed by atoms with van der Waals surface area (Å²) in [5, 5.41) is 0. The van der Waals surface area contributed by atoms with Crippen molar-refractivity contribution in [2.45, 2.75) is 50.6 Å². The maximum Gasteiger partial charge on any atom is 0.228 e. The lowest BCUT2D eigenvalue weighted by atomic mass is 9.87. The topological polar surface area (TPSA) is 62.7 Å². The fraction of sp³-hybridized carbons (Fsp3) is 0.650. The number of ether oxygens (including phenoxy) is 1. The Bertz CT molecular complexity index is 660. The SMILES string of the molecule is O=C([C@H]1CCOC1)N1CCC[C@]2(CCC(=O)N2Cc2ccncc2)CC1. The minimum atomic E-state index is -0.0957. The van der Waals surface area contributed by atoms with Crippen molar-refractivity contribution < 1.29 is 14.3 Å². The van der Waals surface area contributed by atoms with Crippen LogP contribution in [0.15, 0.2) is 24.5 Å². The number of nitrogens with zero attached hydrogens (tertiary/aromatic N) is 3. The third kappa shape index (κ3) is 3.34. The van der Waals surface area contributed by atoms with Gasteiger partial charge in [-0.1, -0.05) is 0 Å². The summed E-state index contributed by atoms with van der Waals surface area (Å²) in [6.45, 7) is 3.45. The molecule has 4 heterocycles. The molecule has 3 saturated heterocycles. The van der Waals surface area contributed by atoms with Crippen LogP contribution in [0.1, 0.15) is 44.1 Å². The molecule has 0 unspecified atom stereocenters. The van der Waals surface area contributed by atoms with Gasteiger partial charge in [0.25, 0.3) is 0 Å². The molecule has 3 aliphatic rings. The third-order valence-electron chi connectivity index (χ3n) is 6.28. The van der Waals surface area contributed by atoms with E-state index in [4.69, 9.17) is 4.74 Å². The average molecular weight is 357 g/mol. The van der Waals surface area contributed by atoms with Crippen LogP contribution < -0.4 is 0 Å². The molecule has 2 amide bonds. The van der Waals surface area contributed by atoms with E-state index in [1.807, 2.05) is 17.0 Å². The number of pyridine rings is 1. The van der Waals surface area contributed by atoms with E-state index in [1.54, 1.807) is 12.4 Å². The first-order valence-corrected chi connectivity index (χ1v) is 9.74. The molecular weight excluding hydrogens is 330 g/mol. The zero-order chi connectivity index (χ0) is 18.0. The van der Waals surface area contributed by atoms with Crippen LogP contribution in [0.4, 0.5) is 0 Å². The minimum absolute atomic E-state index is 0.0298. The number of aromatic nitrogens is 1. The van der Waals surface area contributed by atoms with Gasteiger partial charge in [-0.2, -0.15) is 0 Å². The van der Waals surface area contributed by atoms with Crippen molar-refractivity contribution in [3.8, 4) is 0 Å². The van der Waals surface area contributed by atoms with Crippen LogP contribution in [0.3, 0.4) is 0 Å². The van der Waals surface area contributed by atoms with E-state index in [9.17, 15) is 9.59 Å². The van der Waals surface area contributed by atoms with Crippen LogP contribution in [-0.4, -0.2) is 58.4 Å². The van der Waals surface area contributed by atoms with Crippen LogP contribution >= 0.6 is 0 Å². The molecule has 26 heavy (non-hydrogen) atoms. The van der Waals surface area contributed by atoms with E-state index in [0.717, 1.165) is 50.8 Å². The molecule has 6 heteroatoms. The minimum Gasteiger partial charge on any atom is -0.381 e. The summed E-state index contributed by atoms with van der Waals surface area (Å²) in [4.78, 5) is 33.5. The molecule has 140 valence electrons. The molecule has 0 N–H and O–H groups in total. The summed E-state index contributed by atoms with van der Waals surface area (Å²) in [6, 6.07) is 3.96. The van der Waals surface area contributed by atoms with Gasteiger partial charge in [-0.15, -0.1) is 0 Å². The number of carbonyl (C=O) groups is 2. The smallest absolute Gasteiger partial charge is 0.228 e. The Hall–Kier alpha value is -1.95. The summed E-state index contributed by atoms with van der Waals surface area (Å²) >= 11 is 0. The highest BCUT2D eigenvalue weighted by atomic mass is 16.5. The van der Waals surface area contributed by atoms with Gasteiger partial charge in [-0.05, 0) is 49.8 Å². The molecular formula is C20H27N3O3. The molecule has 4 rings (SSSR count). The molecule has 0 saturated carbocycles. The second-order valence-electron chi connectivity index (χ2n) is 7.80. The second kappa shape index (κ2) is 7.35. The van der Waals surface area contributed by atoms with E-state index in [-0.39, 0.29) is 23.3 Å². The quantitative estimate of drug-likeness (QED) is 0.830. The number of amides is 2. The van der Waals surface area contributed by atoms with Gasteiger partial charge in [0.15, 0.2) is 0 Å². The van der Waals surface area contributed by atoms with Gasteiger partial charge < -0.3 is 14.5 Å². The number of hydrogen-bond acceptors (Lipinski definition) is 4. The van der Waals surface area contributed by atoms with Crippen LogP contribution in [0.5, 0.6) is 0 Å². The monoisotopic (exact) mass is 357 g/mol. The molecule has 1 spiro atoms. The van der Waals surface area contributed by atoms with Crippen molar-refractivity contribution >= 4 is 11.8 Å². The van der Waals surface area contributed by atoms with Crippen molar-refractivity contribution in [2.24, 2.45) is 5.92 Å². The number of carbonyl (C=O) groups excluding carboxylic acids is 2. The lowest BCUT2D eigenvalue weighted by Gasteiger charge is -2.38. The fourth-order valence-corrected chi connectivity index (χ4v) is 4.71. The highest BCUT2D eigenvalue weighted by molar-refractivity contribution is 5.80. The first-order chi connectivity index (χ1) is 12.7. The zero-order valence-corrected chi connectivity index (χ0v) is 15.2. The Morgan fingerprint density at radius 2 is 2.08 bits per heavy atom. The largest absolute Gasteiger partial charge is 0.381 e. The van der Waals surface area contributed by atoms with Gasteiger partial charge in [0.1, 0.15) is 0 Å². The van der Waals surface area contributed by atoms with Crippen LogP contribution in [-0.2, 0) is 20.9 Å². The van der Waals surface area contributed by atoms with Gasteiger partial charge in [-0.25, -0.2) is 0 Å². The van der Waals surface area contributed by atoms with Gasteiger partial charge in [0, 0.05) is 50.6 Å². The standard InChI is InChI=1S/C20H27N3O3/c24-18-2-7-20(23(18)14-16-3-9-21-10-4-16)6-1-11-22(12-8-20)19(25)17-5-13-26-15-17/h3-4,9-10,17H,1-2,5-8,11-15H2/t17-,20-/m0/s1. The molecule has 3 aliphatic heterocycles. The first kappa shape index (κ1) is 17.5. The van der Waals surface area contributed by atoms with E-state index in [2.05, 4.69) is 9.88 Å². The summed E-state index contributed by atoms with van der Waals surface area (Å²) in [5.74, 6) is 0.512. The highest BCUT2D eigenvalue weighted by Crippen LogP contribution is 2.40. The Morgan fingerprint density at radius 1 is 1.23 bits per heavy atom. The number of rotatable bonds is 3. The maximum atomic E-state index is 12.8. The normalized spacial score (nSPS) is 29.4. The molecule has 2 atom stereocenters. The number of hydrogen-bond donors (Lipinski definition) is 0. The molecule has 0 bridgehead atoms. The lowest BCUT2D eigenvalue weighted by molar-refractivity contribution is -0.135. The Morgan fingerprint density at radius 3 is 2.85 bits per heavy atom. The molecule has 0 radical (unpaired) electrons. The summed E-state index contributed by atoms with van der Waals surface area (Å²) in [6.07, 6.45) is 8.74. The van der Waals surface area contributed by atoms with Crippen LogP contribution in [0.2, 0.25) is 0 Å². The summed E-state index contributed by atoms with van der Waals surface area (Å²) in [5.41, 5.74) is 1.02. The average Bonchev–Trinajstić information content (AvgIpc) is 3.23. The maximum absolute atomic E-state index is 12.8. The molecule has 6 nitrogen and oxygen atoms in total. The van der Waals surface area contributed by atoms with Crippen molar-refractivity contribution in [1.29, 1.82) is 0 Å². The molecule has 3 fully saturated rings. The summed E-state index contributed by atoms with van der Waals surface area (Å²) < 4.78 is 5.39. The van der Waals surface area contributed by atoms with Crippen LogP contribution in [0, 0.1) is 5.92 Å². The third-order valence-corrected chi connectivity index (χ3v) is 6.28. The number of likely N-dealkylation sites (tertiary alicyclic amines) is 2. The first-order valence-electron chi connectivity index (χ1n) is 9.74. The zero-order valence-electron chi connectivity index (χ0n) is 15.2. The summed E-state index contributed by atoms with van der Waals surface area (Å²) in [7, 11) is 0. The van der Waals surface area contributed by atoms with Gasteiger partial charge in [0.05, 0.1) is 12.5 Å². The molecule has 1 aromatic heterocycles. The van der Waals surface area contributed by atoms with E-state index < -0.39 is 0 Å². The molecule has 1 aromatic rings. The van der Waals surface area contributed by atoms with E-state index in [1.165, 1.54) is 0 Å². The van der Waals surface area contributed by atoms with Gasteiger partial charge in [-0.3, -0.25) is 14.6 Å². The van der Waals surface area contributed by atoms with Gasteiger partial charge >= 0.3 is 0 Å². The van der Waals surface area contributed by atoms with Crippen molar-refractivity contribution in [3.05, 3.63) is 30.1 Å². The van der Waals surface area contributed by atoms with Crippen molar-refractivity contribution in [2.75, 3.05) is 26.3 Å². The van der Waals surface area contributed by atoms with Crippen molar-refractivity contribution in [1.82, 2.24) is 14.8 Å². The van der Waals surface area contributed by atoms with E-state index in [0.29, 0.717) is 26.2 Å². The fourth-order valence-electron chi connectivity index (χ4n) is 4.71.